The molecule has 1 saturated heterocycles. The number of hydrogen-bond donors (Lipinski definition) is 1. The van der Waals surface area contributed by atoms with Crippen LogP contribution in [0.25, 0.3) is 0 Å². The maximum Gasteiger partial charge on any atom is 0.453 e. The summed E-state index contributed by atoms with van der Waals surface area (Å²) in [5.41, 5.74) is 1.58. The Balaban J connectivity index is 1.23. The Kier molecular flexibility index (Phi) is 12.0. The van der Waals surface area contributed by atoms with E-state index in [9.17, 15) is 36.3 Å². The van der Waals surface area contributed by atoms with Crippen LogP contribution < -0.4 is 5.32 Å². The Morgan fingerprint density at radius 2 is 1.51 bits per heavy atom. The number of imide groups is 1. The highest BCUT2D eigenvalue weighted by Crippen LogP contribution is 2.39. The Labute approximate surface area is 234 Å². The molecule has 1 aromatic rings. The van der Waals surface area contributed by atoms with Crippen molar-refractivity contribution in [1.82, 2.24) is 10.2 Å². The second-order valence-corrected chi connectivity index (χ2v) is 12.3. The second-order valence-electron chi connectivity index (χ2n) is 9.92. The number of amides is 3. The van der Waals surface area contributed by atoms with E-state index in [1.165, 1.54) is 11.8 Å². The van der Waals surface area contributed by atoms with E-state index in [0.717, 1.165) is 66.9 Å². The Bertz CT molecular complexity index is 1010. The zero-order valence-corrected chi connectivity index (χ0v) is 23.4. The number of alkyl halides is 5. The first kappa shape index (κ1) is 31.7. The van der Waals surface area contributed by atoms with Crippen LogP contribution in [0.1, 0.15) is 86.6 Å². The number of fused-ring (bicyclic) bond motifs is 1. The highest BCUT2D eigenvalue weighted by Gasteiger charge is 2.56. The van der Waals surface area contributed by atoms with Crippen LogP contribution in [0.5, 0.6) is 0 Å². The predicted molar refractivity (Wildman–Crippen MR) is 143 cm³/mol. The van der Waals surface area contributed by atoms with E-state index in [1.54, 1.807) is 22.7 Å². The minimum Gasteiger partial charge on any atom is -0.322 e. The van der Waals surface area contributed by atoms with Gasteiger partial charge in [0.1, 0.15) is 6.04 Å². The number of rotatable bonds is 16. The Hall–Kier alpha value is -1.82. The maximum atomic E-state index is 12.9. The van der Waals surface area contributed by atoms with Gasteiger partial charge in [-0.05, 0) is 60.6 Å². The third kappa shape index (κ3) is 9.09. The van der Waals surface area contributed by atoms with Gasteiger partial charge in [0.25, 0.3) is 5.91 Å². The van der Waals surface area contributed by atoms with Crippen LogP contribution in [-0.4, -0.2) is 58.0 Å². The molecule has 3 rings (SSSR count). The number of halogens is 5. The van der Waals surface area contributed by atoms with Crippen LogP contribution in [0.15, 0.2) is 23.1 Å². The Morgan fingerprint density at radius 3 is 2.18 bits per heavy atom. The van der Waals surface area contributed by atoms with Gasteiger partial charge in [-0.25, -0.2) is 0 Å². The summed E-state index contributed by atoms with van der Waals surface area (Å²) in [4.78, 5) is 39.2. The number of piperidine rings is 1. The summed E-state index contributed by atoms with van der Waals surface area (Å²) in [6.45, 7) is 0.377. The molecule has 12 heteroatoms. The second kappa shape index (κ2) is 14.7. The van der Waals surface area contributed by atoms with Crippen molar-refractivity contribution < 1.29 is 36.3 Å². The lowest BCUT2D eigenvalue weighted by molar-refractivity contribution is -0.284. The highest BCUT2D eigenvalue weighted by molar-refractivity contribution is 7.99. The van der Waals surface area contributed by atoms with Gasteiger partial charge in [-0.3, -0.25) is 19.7 Å². The fraction of sp³-hybridized carbons (Fsp3) is 0.667. The number of unbranched alkanes of at least 4 members (excludes halogenated alkanes) is 6. The highest BCUT2D eigenvalue weighted by atomic mass is 32.2. The lowest BCUT2D eigenvalue weighted by Crippen LogP contribution is -2.52. The molecular weight excluding hydrogens is 559 g/mol. The van der Waals surface area contributed by atoms with Crippen molar-refractivity contribution in [3.05, 3.63) is 29.3 Å². The summed E-state index contributed by atoms with van der Waals surface area (Å²) in [6.07, 6.45) is 1.19. The number of carbonyl (C=O) groups is 3. The van der Waals surface area contributed by atoms with Crippen LogP contribution in [0.2, 0.25) is 0 Å². The van der Waals surface area contributed by atoms with Crippen LogP contribution >= 0.6 is 23.5 Å². The number of hydrogen-bond acceptors (Lipinski definition) is 5. The first-order valence-corrected chi connectivity index (χ1v) is 15.6. The van der Waals surface area contributed by atoms with E-state index in [4.69, 9.17) is 0 Å². The molecule has 0 aromatic heterocycles. The molecule has 1 aromatic carbocycles. The molecule has 0 radical (unpaired) electrons. The van der Waals surface area contributed by atoms with Crippen LogP contribution in [-0.2, 0) is 16.1 Å². The van der Waals surface area contributed by atoms with E-state index in [0.29, 0.717) is 24.3 Å². The predicted octanol–water partition coefficient (Wildman–Crippen LogP) is 6.98. The van der Waals surface area contributed by atoms with Crippen molar-refractivity contribution in [3.8, 4) is 0 Å². The van der Waals surface area contributed by atoms with E-state index in [2.05, 4.69) is 5.32 Å². The van der Waals surface area contributed by atoms with E-state index in [1.807, 2.05) is 12.1 Å². The van der Waals surface area contributed by atoms with Gasteiger partial charge in [0.05, 0.1) is 0 Å². The molecule has 218 valence electrons. The van der Waals surface area contributed by atoms with Crippen LogP contribution in [0.4, 0.5) is 22.0 Å². The summed E-state index contributed by atoms with van der Waals surface area (Å²) in [6, 6.07) is 5.04. The van der Waals surface area contributed by atoms with Gasteiger partial charge in [0.15, 0.2) is 0 Å². The molecule has 3 amide bonds. The molecule has 2 aliphatic rings. The van der Waals surface area contributed by atoms with Gasteiger partial charge in [-0.1, -0.05) is 38.2 Å². The first-order valence-electron chi connectivity index (χ1n) is 13.4. The largest absolute Gasteiger partial charge is 0.453 e. The monoisotopic (exact) mass is 594 g/mol. The normalized spacial score (nSPS) is 18.0. The van der Waals surface area contributed by atoms with Gasteiger partial charge in [0, 0.05) is 29.8 Å². The first-order chi connectivity index (χ1) is 18.5. The van der Waals surface area contributed by atoms with Crippen LogP contribution in [0.3, 0.4) is 0 Å². The lowest BCUT2D eigenvalue weighted by Gasteiger charge is -2.29. The van der Waals surface area contributed by atoms with Gasteiger partial charge in [0.2, 0.25) is 11.8 Å². The summed E-state index contributed by atoms with van der Waals surface area (Å²) < 4.78 is 62.0. The van der Waals surface area contributed by atoms with E-state index < -0.39 is 30.5 Å². The van der Waals surface area contributed by atoms with E-state index in [-0.39, 0.29) is 24.7 Å². The zero-order valence-electron chi connectivity index (χ0n) is 21.8. The topological polar surface area (TPSA) is 66.5 Å². The van der Waals surface area contributed by atoms with Gasteiger partial charge < -0.3 is 4.90 Å². The van der Waals surface area contributed by atoms with Crippen molar-refractivity contribution in [2.24, 2.45) is 0 Å². The summed E-state index contributed by atoms with van der Waals surface area (Å²) in [7, 11) is 0. The molecule has 1 atom stereocenters. The summed E-state index contributed by atoms with van der Waals surface area (Å²) >= 11 is 3.15. The average Bonchev–Trinajstić information content (AvgIpc) is 3.20. The Morgan fingerprint density at radius 1 is 0.872 bits per heavy atom. The number of benzene rings is 1. The number of nitrogens with zero attached hydrogens (tertiary/aromatic N) is 1. The van der Waals surface area contributed by atoms with Crippen molar-refractivity contribution in [3.63, 3.8) is 0 Å². The smallest absolute Gasteiger partial charge is 0.322 e. The lowest BCUT2D eigenvalue weighted by atomic mass is 10.0. The third-order valence-corrected chi connectivity index (χ3v) is 9.26. The molecular formula is C27H35F5N2O3S2. The quantitative estimate of drug-likeness (QED) is 0.0968. The molecule has 2 heterocycles. The molecule has 2 aliphatic heterocycles. The van der Waals surface area contributed by atoms with Gasteiger partial charge >= 0.3 is 12.1 Å². The molecule has 1 N–H and O–H groups in total. The number of carbonyl (C=O) groups excluding carboxylic acids is 3. The molecule has 0 saturated carbocycles. The standard InChI is InChI=1S/C27H35F5N2O3S2/c28-26(29,27(30,31)32)14-9-16-38-15-6-4-2-1-3-5-7-17-39-22-11-8-10-19-20(22)18-34(25(19)37)21-12-13-23(35)33-24(21)36/h8,10-11,21H,1-7,9,12-18H2,(H,33,35,36). The zero-order chi connectivity index (χ0) is 28.5. The summed E-state index contributed by atoms with van der Waals surface area (Å²) in [5.74, 6) is -3.45. The molecule has 5 nitrogen and oxygen atoms in total. The molecule has 0 aliphatic carbocycles. The van der Waals surface area contributed by atoms with Crippen LogP contribution in [0, 0.1) is 0 Å². The number of thioether (sulfide) groups is 2. The molecule has 0 spiro atoms. The minimum absolute atomic E-state index is 0.143. The summed E-state index contributed by atoms with van der Waals surface area (Å²) in [5, 5.41) is 2.32. The fourth-order valence-electron chi connectivity index (χ4n) is 4.70. The number of nitrogens with one attached hydrogen (secondary N) is 1. The van der Waals surface area contributed by atoms with Crippen molar-refractivity contribution in [2.45, 2.75) is 100 Å². The van der Waals surface area contributed by atoms with Gasteiger partial charge in [-0.2, -0.15) is 33.7 Å². The van der Waals surface area contributed by atoms with Gasteiger partial charge in [-0.15, -0.1) is 11.8 Å². The van der Waals surface area contributed by atoms with E-state index >= 15 is 0 Å². The van der Waals surface area contributed by atoms with Crippen molar-refractivity contribution in [2.75, 3.05) is 17.3 Å². The molecule has 0 bridgehead atoms. The molecule has 39 heavy (non-hydrogen) atoms. The molecule has 1 fully saturated rings. The SMILES string of the molecule is O=C1CCC(N2Cc3c(SCCCCCCCCCSCCCC(F)(F)C(F)(F)F)cccc3C2=O)C(=O)N1. The van der Waals surface area contributed by atoms with Crippen molar-refractivity contribution in [1.29, 1.82) is 0 Å². The van der Waals surface area contributed by atoms with Crippen molar-refractivity contribution >= 4 is 41.2 Å². The fourth-order valence-corrected chi connectivity index (χ4v) is 6.76. The average molecular weight is 595 g/mol. The molecule has 1 unspecified atom stereocenters. The third-order valence-electron chi connectivity index (χ3n) is 6.92. The minimum atomic E-state index is -5.46. The maximum absolute atomic E-state index is 12.9.